The Balaban J connectivity index is 2.31. The molecule has 1 aromatic rings. The molecule has 18 heavy (non-hydrogen) atoms. The monoisotopic (exact) mass is 264 g/mol. The fourth-order valence-electron chi connectivity index (χ4n) is 1.93. The summed E-state index contributed by atoms with van der Waals surface area (Å²) in [6, 6.07) is 6.30. The highest BCUT2D eigenvalue weighted by Gasteiger charge is 2.27. The number of hydrogen-bond acceptors (Lipinski definition) is 3. The normalized spacial score (nSPS) is 19.3. The van der Waals surface area contributed by atoms with Crippen LogP contribution >= 0.6 is 11.8 Å². The SMILES string of the molecule is CNCC1Sc2cc(C(C)(C)C)ccc2NC1=O. The highest BCUT2D eigenvalue weighted by atomic mass is 32.2. The van der Waals surface area contributed by atoms with Gasteiger partial charge in [0.05, 0.1) is 5.69 Å². The number of carbonyl (C=O) groups is 1. The van der Waals surface area contributed by atoms with Gasteiger partial charge < -0.3 is 10.6 Å². The topological polar surface area (TPSA) is 41.1 Å². The van der Waals surface area contributed by atoms with Gasteiger partial charge in [0.15, 0.2) is 0 Å². The Morgan fingerprint density at radius 1 is 1.39 bits per heavy atom. The quantitative estimate of drug-likeness (QED) is 0.862. The first kappa shape index (κ1) is 13.4. The first-order valence-electron chi connectivity index (χ1n) is 6.18. The molecule has 0 radical (unpaired) electrons. The molecular formula is C14H20N2OS. The molecule has 0 fully saturated rings. The van der Waals surface area contributed by atoms with E-state index in [2.05, 4.69) is 43.5 Å². The fourth-order valence-corrected chi connectivity index (χ4v) is 3.09. The van der Waals surface area contributed by atoms with Crippen molar-refractivity contribution in [3.8, 4) is 0 Å². The highest BCUT2D eigenvalue weighted by Crippen LogP contribution is 2.38. The van der Waals surface area contributed by atoms with Gasteiger partial charge in [-0.2, -0.15) is 0 Å². The molecule has 0 aliphatic carbocycles. The Bertz CT molecular complexity index is 465. The van der Waals surface area contributed by atoms with E-state index >= 15 is 0 Å². The number of amides is 1. The van der Waals surface area contributed by atoms with Gasteiger partial charge in [0.2, 0.25) is 5.91 Å². The predicted molar refractivity (Wildman–Crippen MR) is 77.3 cm³/mol. The number of fused-ring (bicyclic) bond motifs is 1. The van der Waals surface area contributed by atoms with Crippen molar-refractivity contribution in [2.24, 2.45) is 0 Å². The number of thioether (sulfide) groups is 1. The molecule has 0 saturated heterocycles. The van der Waals surface area contributed by atoms with Crippen molar-refractivity contribution < 1.29 is 4.79 Å². The minimum Gasteiger partial charge on any atom is -0.324 e. The lowest BCUT2D eigenvalue weighted by molar-refractivity contribution is -0.115. The zero-order chi connectivity index (χ0) is 13.3. The molecule has 1 unspecified atom stereocenters. The van der Waals surface area contributed by atoms with Gasteiger partial charge in [-0.05, 0) is 30.2 Å². The van der Waals surface area contributed by atoms with Crippen LogP contribution in [0.3, 0.4) is 0 Å². The van der Waals surface area contributed by atoms with E-state index in [-0.39, 0.29) is 16.6 Å². The molecule has 4 heteroatoms. The summed E-state index contributed by atoms with van der Waals surface area (Å²) in [5.74, 6) is 0.0883. The molecule has 98 valence electrons. The maximum atomic E-state index is 11.9. The Morgan fingerprint density at radius 3 is 2.72 bits per heavy atom. The van der Waals surface area contributed by atoms with Crippen molar-refractivity contribution in [3.05, 3.63) is 23.8 Å². The first-order chi connectivity index (χ1) is 8.41. The second kappa shape index (κ2) is 4.94. The van der Waals surface area contributed by atoms with Gasteiger partial charge in [-0.25, -0.2) is 0 Å². The van der Waals surface area contributed by atoms with E-state index in [0.29, 0.717) is 6.54 Å². The smallest absolute Gasteiger partial charge is 0.239 e. The van der Waals surface area contributed by atoms with Crippen LogP contribution in [0.2, 0.25) is 0 Å². The third-order valence-electron chi connectivity index (χ3n) is 3.06. The molecular weight excluding hydrogens is 244 g/mol. The number of carbonyl (C=O) groups excluding carboxylic acids is 1. The van der Waals surface area contributed by atoms with Crippen LogP contribution in [0.15, 0.2) is 23.1 Å². The standard InChI is InChI=1S/C14H20N2OS/c1-14(2,3)9-5-6-10-11(7-9)18-12(8-15-4)13(17)16-10/h5-7,12,15H,8H2,1-4H3,(H,16,17). The molecule has 1 aromatic carbocycles. The van der Waals surface area contributed by atoms with Crippen molar-refractivity contribution in [3.63, 3.8) is 0 Å². The zero-order valence-electron chi connectivity index (χ0n) is 11.3. The number of benzene rings is 1. The molecule has 1 aliphatic heterocycles. The molecule has 0 saturated carbocycles. The van der Waals surface area contributed by atoms with Gasteiger partial charge in [-0.3, -0.25) is 4.79 Å². The average Bonchev–Trinajstić information content (AvgIpc) is 2.28. The van der Waals surface area contributed by atoms with Crippen LogP contribution in [0.1, 0.15) is 26.3 Å². The summed E-state index contributed by atoms with van der Waals surface area (Å²) >= 11 is 1.65. The maximum absolute atomic E-state index is 11.9. The largest absolute Gasteiger partial charge is 0.324 e. The second-order valence-corrected chi connectivity index (χ2v) is 6.86. The summed E-state index contributed by atoms with van der Waals surface area (Å²) in [5, 5.41) is 5.99. The van der Waals surface area contributed by atoms with Gasteiger partial charge in [0.1, 0.15) is 5.25 Å². The Labute approximate surface area is 113 Å². The highest BCUT2D eigenvalue weighted by molar-refractivity contribution is 8.01. The van der Waals surface area contributed by atoms with Gasteiger partial charge in [0, 0.05) is 11.4 Å². The van der Waals surface area contributed by atoms with Gasteiger partial charge >= 0.3 is 0 Å². The Hall–Kier alpha value is -1.00. The van der Waals surface area contributed by atoms with E-state index in [1.54, 1.807) is 11.8 Å². The summed E-state index contributed by atoms with van der Waals surface area (Å²) in [5.41, 5.74) is 2.37. The minimum absolute atomic E-state index is 0.0438. The number of anilines is 1. The molecule has 2 N–H and O–H groups in total. The van der Waals surface area contributed by atoms with Crippen molar-refractivity contribution in [1.82, 2.24) is 5.32 Å². The number of hydrogen-bond donors (Lipinski definition) is 2. The van der Waals surface area contributed by atoms with E-state index in [9.17, 15) is 4.79 Å². The fraction of sp³-hybridized carbons (Fsp3) is 0.500. The van der Waals surface area contributed by atoms with E-state index in [1.807, 2.05) is 13.1 Å². The lowest BCUT2D eigenvalue weighted by Gasteiger charge is -2.27. The average molecular weight is 264 g/mol. The molecule has 1 amide bonds. The van der Waals surface area contributed by atoms with Crippen LogP contribution in [0.5, 0.6) is 0 Å². The molecule has 3 nitrogen and oxygen atoms in total. The Morgan fingerprint density at radius 2 is 2.11 bits per heavy atom. The molecule has 1 heterocycles. The van der Waals surface area contributed by atoms with Crippen LogP contribution in [0, 0.1) is 0 Å². The predicted octanol–water partition coefficient (Wildman–Crippen LogP) is 2.62. The van der Waals surface area contributed by atoms with E-state index in [4.69, 9.17) is 0 Å². The molecule has 0 bridgehead atoms. The summed E-state index contributed by atoms with van der Waals surface area (Å²) in [4.78, 5) is 13.0. The lowest BCUT2D eigenvalue weighted by atomic mass is 9.87. The molecule has 1 atom stereocenters. The van der Waals surface area contributed by atoms with E-state index in [0.717, 1.165) is 5.69 Å². The van der Waals surface area contributed by atoms with Gasteiger partial charge in [0.25, 0.3) is 0 Å². The van der Waals surface area contributed by atoms with Crippen LogP contribution in [-0.2, 0) is 10.2 Å². The number of nitrogens with one attached hydrogen (secondary N) is 2. The summed E-state index contributed by atoms with van der Waals surface area (Å²) in [6.45, 7) is 7.29. The molecule has 0 spiro atoms. The van der Waals surface area contributed by atoms with Crippen LogP contribution in [0.25, 0.3) is 0 Å². The third-order valence-corrected chi connectivity index (χ3v) is 4.31. The third kappa shape index (κ3) is 2.70. The van der Waals surface area contributed by atoms with Crippen LogP contribution in [0.4, 0.5) is 5.69 Å². The molecule has 2 rings (SSSR count). The summed E-state index contributed by atoms with van der Waals surface area (Å²) in [6.07, 6.45) is 0. The summed E-state index contributed by atoms with van der Waals surface area (Å²) in [7, 11) is 1.87. The second-order valence-electron chi connectivity index (χ2n) is 5.61. The van der Waals surface area contributed by atoms with Crippen molar-refractivity contribution in [1.29, 1.82) is 0 Å². The maximum Gasteiger partial charge on any atom is 0.239 e. The van der Waals surface area contributed by atoms with Crippen molar-refractivity contribution >= 4 is 23.4 Å². The number of rotatable bonds is 2. The van der Waals surface area contributed by atoms with Crippen molar-refractivity contribution in [2.75, 3.05) is 18.9 Å². The summed E-state index contributed by atoms with van der Waals surface area (Å²) < 4.78 is 0. The zero-order valence-corrected chi connectivity index (χ0v) is 12.1. The minimum atomic E-state index is -0.0438. The first-order valence-corrected chi connectivity index (χ1v) is 7.06. The van der Waals surface area contributed by atoms with Crippen molar-refractivity contribution in [2.45, 2.75) is 36.3 Å². The van der Waals surface area contributed by atoms with Crippen LogP contribution in [-0.4, -0.2) is 24.7 Å². The Kier molecular flexibility index (Phi) is 3.69. The molecule has 1 aliphatic rings. The van der Waals surface area contributed by atoms with E-state index in [1.165, 1.54) is 10.5 Å². The van der Waals surface area contributed by atoms with Crippen LogP contribution < -0.4 is 10.6 Å². The van der Waals surface area contributed by atoms with E-state index < -0.39 is 0 Å². The molecule has 0 aromatic heterocycles. The van der Waals surface area contributed by atoms with Gasteiger partial charge in [-0.15, -0.1) is 11.8 Å². The lowest BCUT2D eigenvalue weighted by Crippen LogP contribution is -2.36. The van der Waals surface area contributed by atoms with Gasteiger partial charge in [-0.1, -0.05) is 26.8 Å².